The molecule has 1 aromatic carbocycles. The summed E-state index contributed by atoms with van der Waals surface area (Å²) in [4.78, 5) is 21.6. The molecule has 0 radical (unpaired) electrons. The Hall–Kier alpha value is -2.47. The molecule has 0 saturated carbocycles. The molecule has 26 heavy (non-hydrogen) atoms. The first kappa shape index (κ1) is 18.3. The smallest absolute Gasteiger partial charge is 0.258 e. The number of aromatic nitrogens is 2. The van der Waals surface area contributed by atoms with E-state index >= 15 is 0 Å². The molecule has 5 nitrogen and oxygen atoms in total. The zero-order valence-electron chi connectivity index (χ0n) is 15.3. The molecule has 0 spiro atoms. The third-order valence-electron chi connectivity index (χ3n) is 4.39. The second-order valence-electron chi connectivity index (χ2n) is 6.24. The summed E-state index contributed by atoms with van der Waals surface area (Å²) in [5, 5.41) is 5.89. The normalized spacial score (nSPS) is 11.1. The summed E-state index contributed by atoms with van der Waals surface area (Å²) in [7, 11) is 0. The fourth-order valence-corrected chi connectivity index (χ4v) is 3.71. The Balaban J connectivity index is 1.84. The highest BCUT2D eigenvalue weighted by Crippen LogP contribution is 2.37. The van der Waals surface area contributed by atoms with Crippen LogP contribution in [-0.4, -0.2) is 28.5 Å². The summed E-state index contributed by atoms with van der Waals surface area (Å²) < 4.78 is 5.76. The van der Waals surface area contributed by atoms with Crippen LogP contribution >= 0.6 is 11.3 Å². The van der Waals surface area contributed by atoms with Gasteiger partial charge < -0.3 is 10.1 Å². The molecule has 6 heteroatoms. The summed E-state index contributed by atoms with van der Waals surface area (Å²) >= 11 is 1.55. The molecule has 0 saturated heterocycles. The molecule has 3 rings (SSSR count). The number of hydrogen-bond acceptors (Lipinski definition) is 5. The number of thiophene rings is 1. The summed E-state index contributed by atoms with van der Waals surface area (Å²) in [6, 6.07) is 8.49. The van der Waals surface area contributed by atoms with Crippen molar-refractivity contribution < 1.29 is 9.53 Å². The topological polar surface area (TPSA) is 64.1 Å². The Morgan fingerprint density at radius 3 is 2.62 bits per heavy atom. The van der Waals surface area contributed by atoms with E-state index in [-0.39, 0.29) is 18.6 Å². The SMILES string of the molecule is CCC(CC)NC(=O)COc1ncnc2scc(-c3ccc(C)cc3)c12. The first-order valence-corrected chi connectivity index (χ1v) is 9.71. The highest BCUT2D eigenvalue weighted by Gasteiger charge is 2.16. The molecule has 0 aliphatic heterocycles. The van der Waals surface area contributed by atoms with Crippen molar-refractivity contribution in [3.05, 3.63) is 41.5 Å². The zero-order valence-corrected chi connectivity index (χ0v) is 16.1. The average molecular weight is 369 g/mol. The van der Waals surface area contributed by atoms with Gasteiger partial charge in [0.2, 0.25) is 5.88 Å². The Morgan fingerprint density at radius 2 is 1.92 bits per heavy atom. The number of carbonyl (C=O) groups is 1. The lowest BCUT2D eigenvalue weighted by atomic mass is 10.0. The molecule has 1 N–H and O–H groups in total. The van der Waals surface area contributed by atoms with E-state index in [9.17, 15) is 4.79 Å². The number of nitrogens with zero attached hydrogens (tertiary/aromatic N) is 2. The second-order valence-corrected chi connectivity index (χ2v) is 7.10. The van der Waals surface area contributed by atoms with Gasteiger partial charge in [-0.1, -0.05) is 43.7 Å². The molecule has 2 heterocycles. The van der Waals surface area contributed by atoms with Crippen LogP contribution in [0.25, 0.3) is 21.3 Å². The maximum absolute atomic E-state index is 12.1. The molecule has 2 aromatic heterocycles. The third-order valence-corrected chi connectivity index (χ3v) is 5.28. The summed E-state index contributed by atoms with van der Waals surface area (Å²) in [6.45, 7) is 6.13. The van der Waals surface area contributed by atoms with Crippen molar-refractivity contribution in [2.75, 3.05) is 6.61 Å². The molecule has 136 valence electrons. The number of carbonyl (C=O) groups excluding carboxylic acids is 1. The van der Waals surface area contributed by atoms with Crippen LogP contribution in [0.15, 0.2) is 36.0 Å². The van der Waals surface area contributed by atoms with Crippen LogP contribution in [0.2, 0.25) is 0 Å². The molecular weight excluding hydrogens is 346 g/mol. The average Bonchev–Trinajstić information content (AvgIpc) is 3.10. The van der Waals surface area contributed by atoms with Crippen molar-refractivity contribution in [1.29, 1.82) is 0 Å². The van der Waals surface area contributed by atoms with E-state index in [4.69, 9.17) is 4.74 Å². The Bertz CT molecular complexity index is 886. The van der Waals surface area contributed by atoms with Crippen LogP contribution in [0.1, 0.15) is 32.3 Å². The zero-order chi connectivity index (χ0) is 18.5. The highest BCUT2D eigenvalue weighted by molar-refractivity contribution is 7.17. The van der Waals surface area contributed by atoms with Crippen molar-refractivity contribution in [2.24, 2.45) is 0 Å². The molecule has 0 fully saturated rings. The predicted octanol–water partition coefficient (Wildman–Crippen LogP) is 4.35. The standard InChI is InChI=1S/C20H23N3O2S/c1-4-15(5-2)23-17(24)10-25-19-18-16(11-26-20(18)22-12-21-19)14-8-6-13(3)7-9-14/h6-9,11-12,15H,4-5,10H2,1-3H3,(H,23,24). The first-order chi connectivity index (χ1) is 12.6. The van der Waals surface area contributed by atoms with Gasteiger partial charge in [-0.05, 0) is 25.3 Å². The lowest BCUT2D eigenvalue weighted by Gasteiger charge is -2.15. The minimum atomic E-state index is -0.127. The van der Waals surface area contributed by atoms with Crippen molar-refractivity contribution in [1.82, 2.24) is 15.3 Å². The van der Waals surface area contributed by atoms with Crippen molar-refractivity contribution in [3.63, 3.8) is 0 Å². The second kappa shape index (κ2) is 8.27. The Morgan fingerprint density at radius 1 is 1.19 bits per heavy atom. The fraction of sp³-hybridized carbons (Fsp3) is 0.350. The van der Waals surface area contributed by atoms with Gasteiger partial charge in [0.1, 0.15) is 11.2 Å². The van der Waals surface area contributed by atoms with E-state index < -0.39 is 0 Å². The van der Waals surface area contributed by atoms with Crippen molar-refractivity contribution in [3.8, 4) is 17.0 Å². The van der Waals surface area contributed by atoms with E-state index in [2.05, 4.69) is 65.7 Å². The molecule has 0 aliphatic rings. The molecule has 0 bridgehead atoms. The Labute approximate surface area is 157 Å². The minimum absolute atomic E-state index is 0.0498. The van der Waals surface area contributed by atoms with Crippen molar-refractivity contribution >= 4 is 27.5 Å². The molecule has 1 amide bonds. The van der Waals surface area contributed by atoms with Gasteiger partial charge in [0.15, 0.2) is 6.61 Å². The van der Waals surface area contributed by atoms with Crippen LogP contribution in [-0.2, 0) is 4.79 Å². The number of benzene rings is 1. The number of fused-ring (bicyclic) bond motifs is 1. The van der Waals surface area contributed by atoms with Crippen molar-refractivity contribution in [2.45, 2.75) is 39.7 Å². The molecule has 0 unspecified atom stereocenters. The fourth-order valence-electron chi connectivity index (χ4n) is 2.80. The summed E-state index contributed by atoms with van der Waals surface area (Å²) in [5.41, 5.74) is 3.32. The molecule has 3 aromatic rings. The lowest BCUT2D eigenvalue weighted by Crippen LogP contribution is -2.37. The van der Waals surface area contributed by atoms with E-state index in [1.165, 1.54) is 11.9 Å². The van der Waals surface area contributed by atoms with Crippen LogP contribution in [0.4, 0.5) is 0 Å². The predicted molar refractivity (Wildman–Crippen MR) is 106 cm³/mol. The van der Waals surface area contributed by atoms with E-state index in [0.717, 1.165) is 34.2 Å². The summed E-state index contributed by atoms with van der Waals surface area (Å²) in [5.74, 6) is 0.323. The van der Waals surface area contributed by atoms with Crippen LogP contribution < -0.4 is 10.1 Å². The van der Waals surface area contributed by atoms with Gasteiger partial charge in [0.25, 0.3) is 5.91 Å². The minimum Gasteiger partial charge on any atom is -0.467 e. The maximum atomic E-state index is 12.1. The van der Waals surface area contributed by atoms with Gasteiger partial charge in [-0.25, -0.2) is 9.97 Å². The van der Waals surface area contributed by atoms with Gasteiger partial charge in [0, 0.05) is 17.0 Å². The van der Waals surface area contributed by atoms with Gasteiger partial charge in [-0.3, -0.25) is 4.79 Å². The largest absolute Gasteiger partial charge is 0.467 e. The molecular formula is C20H23N3O2S. The number of ether oxygens (including phenoxy) is 1. The van der Waals surface area contributed by atoms with E-state index in [1.54, 1.807) is 11.3 Å². The lowest BCUT2D eigenvalue weighted by molar-refractivity contribution is -0.123. The van der Waals surface area contributed by atoms with Gasteiger partial charge in [-0.15, -0.1) is 11.3 Å². The first-order valence-electron chi connectivity index (χ1n) is 8.83. The number of hydrogen-bond donors (Lipinski definition) is 1. The number of nitrogens with one attached hydrogen (secondary N) is 1. The third kappa shape index (κ3) is 4.02. The molecule has 0 atom stereocenters. The number of amides is 1. The van der Waals surface area contributed by atoms with Crippen LogP contribution in [0, 0.1) is 6.92 Å². The van der Waals surface area contributed by atoms with Gasteiger partial charge in [0.05, 0.1) is 5.39 Å². The number of aryl methyl sites for hydroxylation is 1. The highest BCUT2D eigenvalue weighted by atomic mass is 32.1. The number of rotatable bonds is 7. The van der Waals surface area contributed by atoms with Crippen LogP contribution in [0.3, 0.4) is 0 Å². The van der Waals surface area contributed by atoms with Gasteiger partial charge in [-0.2, -0.15) is 0 Å². The summed E-state index contributed by atoms with van der Waals surface area (Å²) in [6.07, 6.45) is 3.29. The Kier molecular flexibility index (Phi) is 5.83. The van der Waals surface area contributed by atoms with Crippen LogP contribution in [0.5, 0.6) is 5.88 Å². The maximum Gasteiger partial charge on any atom is 0.258 e. The van der Waals surface area contributed by atoms with E-state index in [1.807, 2.05) is 0 Å². The van der Waals surface area contributed by atoms with E-state index in [0.29, 0.717) is 5.88 Å². The monoisotopic (exact) mass is 369 g/mol. The van der Waals surface area contributed by atoms with Gasteiger partial charge >= 0.3 is 0 Å². The molecule has 0 aliphatic carbocycles. The quantitative estimate of drug-likeness (QED) is 0.672.